The van der Waals surface area contributed by atoms with E-state index < -0.39 is 27.6 Å². The lowest BCUT2D eigenvalue weighted by Crippen LogP contribution is -2.18. The van der Waals surface area contributed by atoms with E-state index in [1.54, 1.807) is 0 Å². The number of benzene rings is 2. The zero-order valence-electron chi connectivity index (χ0n) is 10.5. The molecule has 0 aliphatic rings. The quantitative estimate of drug-likeness (QED) is 0.906. The van der Waals surface area contributed by atoms with Gasteiger partial charge < -0.3 is 5.32 Å². The van der Waals surface area contributed by atoms with Crippen LogP contribution in [0.25, 0.3) is 0 Å². The normalized spacial score (nSPS) is 11.2. The Kier molecular flexibility index (Phi) is 4.01. The van der Waals surface area contributed by atoms with Crippen molar-refractivity contribution >= 4 is 21.6 Å². The van der Waals surface area contributed by atoms with Gasteiger partial charge in [0.25, 0.3) is 5.91 Å². The summed E-state index contributed by atoms with van der Waals surface area (Å²) < 4.78 is 48.7. The fraction of sp³-hybridized carbons (Fsp3) is 0. The third-order valence-corrected chi connectivity index (χ3v) is 3.59. The average Bonchev–Trinajstić information content (AvgIpc) is 2.41. The van der Waals surface area contributed by atoms with Gasteiger partial charge in [0.05, 0.1) is 5.69 Å². The van der Waals surface area contributed by atoms with Gasteiger partial charge >= 0.3 is 0 Å². The fourth-order valence-electron chi connectivity index (χ4n) is 1.65. The number of carbonyl (C=O) groups excluding carboxylic acids is 1. The molecule has 2 aromatic carbocycles. The van der Waals surface area contributed by atoms with Gasteiger partial charge in [0, 0.05) is 5.56 Å². The second-order valence-electron chi connectivity index (χ2n) is 4.12. The molecule has 0 bridgehead atoms. The van der Waals surface area contributed by atoms with Crippen molar-refractivity contribution in [2.24, 2.45) is 5.14 Å². The third-order valence-electron chi connectivity index (χ3n) is 2.62. The van der Waals surface area contributed by atoms with Crippen molar-refractivity contribution in [2.75, 3.05) is 5.32 Å². The van der Waals surface area contributed by atoms with Gasteiger partial charge in [-0.05, 0) is 30.3 Å². The highest BCUT2D eigenvalue weighted by Crippen LogP contribution is 2.20. The summed E-state index contributed by atoms with van der Waals surface area (Å²) >= 11 is 0. The van der Waals surface area contributed by atoms with E-state index in [1.165, 1.54) is 24.3 Å². The van der Waals surface area contributed by atoms with Crippen LogP contribution < -0.4 is 10.5 Å². The van der Waals surface area contributed by atoms with Crippen LogP contribution in [-0.4, -0.2) is 14.3 Å². The Bertz CT molecular complexity index is 807. The Morgan fingerprint density at radius 3 is 2.33 bits per heavy atom. The number of nitrogens with one attached hydrogen (secondary N) is 1. The number of primary sulfonamides is 1. The van der Waals surface area contributed by atoms with Gasteiger partial charge in [0.1, 0.15) is 4.90 Å². The Hall–Kier alpha value is -2.32. The van der Waals surface area contributed by atoms with Crippen molar-refractivity contribution in [3.05, 3.63) is 59.7 Å². The lowest BCUT2D eigenvalue weighted by Gasteiger charge is -2.09. The highest BCUT2D eigenvalue weighted by atomic mass is 32.2. The first kappa shape index (κ1) is 15.1. The summed E-state index contributed by atoms with van der Waals surface area (Å²) in [5.74, 6) is -3.05. The van der Waals surface area contributed by atoms with E-state index in [0.717, 1.165) is 12.1 Å². The molecule has 0 aliphatic heterocycles. The second-order valence-corrected chi connectivity index (χ2v) is 5.65. The molecule has 0 heterocycles. The van der Waals surface area contributed by atoms with Crippen LogP contribution in [-0.2, 0) is 10.0 Å². The highest BCUT2D eigenvalue weighted by Gasteiger charge is 2.16. The van der Waals surface area contributed by atoms with Crippen LogP contribution in [0.2, 0.25) is 0 Å². The Morgan fingerprint density at radius 2 is 1.71 bits per heavy atom. The van der Waals surface area contributed by atoms with Crippen molar-refractivity contribution in [1.29, 1.82) is 0 Å². The number of hydrogen-bond acceptors (Lipinski definition) is 3. The number of carbonyl (C=O) groups is 1. The molecule has 0 atom stereocenters. The second kappa shape index (κ2) is 5.58. The topological polar surface area (TPSA) is 89.3 Å². The zero-order chi connectivity index (χ0) is 15.6. The maximum absolute atomic E-state index is 13.1. The third kappa shape index (κ3) is 3.41. The number of para-hydroxylation sites is 1. The lowest BCUT2D eigenvalue weighted by atomic mass is 10.2. The number of hydrogen-bond donors (Lipinski definition) is 2. The van der Waals surface area contributed by atoms with Crippen LogP contribution in [0.3, 0.4) is 0 Å². The lowest BCUT2D eigenvalue weighted by molar-refractivity contribution is 0.102. The summed E-state index contributed by atoms with van der Waals surface area (Å²) in [7, 11) is -4.02. The highest BCUT2D eigenvalue weighted by molar-refractivity contribution is 7.89. The van der Waals surface area contributed by atoms with Crippen LogP contribution in [0.1, 0.15) is 10.4 Å². The van der Waals surface area contributed by atoms with E-state index >= 15 is 0 Å². The summed E-state index contributed by atoms with van der Waals surface area (Å²) in [6.07, 6.45) is 0. The van der Waals surface area contributed by atoms with Gasteiger partial charge in [-0.2, -0.15) is 0 Å². The molecule has 0 aliphatic carbocycles. The van der Waals surface area contributed by atoms with E-state index in [1.807, 2.05) is 0 Å². The number of anilines is 1. The number of rotatable bonds is 3. The zero-order valence-corrected chi connectivity index (χ0v) is 11.3. The largest absolute Gasteiger partial charge is 0.321 e. The molecule has 8 heteroatoms. The summed E-state index contributed by atoms with van der Waals surface area (Å²) in [4.78, 5) is 11.6. The van der Waals surface area contributed by atoms with Crippen molar-refractivity contribution in [1.82, 2.24) is 0 Å². The maximum atomic E-state index is 13.1. The molecule has 0 saturated carbocycles. The predicted molar refractivity (Wildman–Crippen MR) is 72.1 cm³/mol. The van der Waals surface area contributed by atoms with Gasteiger partial charge in [0.2, 0.25) is 10.0 Å². The molecule has 1 amide bonds. The molecule has 3 N–H and O–H groups in total. The molecule has 0 spiro atoms. The standard InChI is InChI=1S/C13H10F2N2O3S/c14-9-6-5-8(7-10(9)15)13(18)17-11-3-1-2-4-12(11)21(16,19)20/h1-7H,(H,17,18)(H2,16,19,20). The minimum Gasteiger partial charge on any atom is -0.321 e. The Labute approximate surface area is 119 Å². The van der Waals surface area contributed by atoms with Gasteiger partial charge in [-0.25, -0.2) is 22.3 Å². The molecule has 2 rings (SSSR count). The smallest absolute Gasteiger partial charge is 0.255 e. The maximum Gasteiger partial charge on any atom is 0.255 e. The molecule has 0 fully saturated rings. The molecule has 110 valence electrons. The van der Waals surface area contributed by atoms with E-state index in [0.29, 0.717) is 6.07 Å². The van der Waals surface area contributed by atoms with Crippen molar-refractivity contribution < 1.29 is 22.0 Å². The minimum atomic E-state index is -4.02. The van der Waals surface area contributed by atoms with Gasteiger partial charge in [-0.1, -0.05) is 12.1 Å². The van der Waals surface area contributed by atoms with Crippen molar-refractivity contribution in [3.8, 4) is 0 Å². The molecular weight excluding hydrogens is 302 g/mol. The van der Waals surface area contributed by atoms with Crippen LogP contribution in [0.4, 0.5) is 14.5 Å². The Balaban J connectivity index is 2.34. The van der Waals surface area contributed by atoms with Crippen LogP contribution in [0.5, 0.6) is 0 Å². The fourth-order valence-corrected chi connectivity index (χ4v) is 2.34. The van der Waals surface area contributed by atoms with E-state index in [-0.39, 0.29) is 16.1 Å². The van der Waals surface area contributed by atoms with E-state index in [2.05, 4.69) is 5.32 Å². The van der Waals surface area contributed by atoms with Crippen LogP contribution in [0.15, 0.2) is 47.4 Å². The van der Waals surface area contributed by atoms with Gasteiger partial charge in [-0.15, -0.1) is 0 Å². The molecule has 0 saturated heterocycles. The number of amides is 1. The monoisotopic (exact) mass is 312 g/mol. The van der Waals surface area contributed by atoms with Crippen LogP contribution in [0, 0.1) is 11.6 Å². The molecule has 21 heavy (non-hydrogen) atoms. The molecule has 0 unspecified atom stereocenters. The summed E-state index contributed by atoms with van der Waals surface area (Å²) in [5, 5.41) is 7.32. The SMILES string of the molecule is NS(=O)(=O)c1ccccc1NC(=O)c1ccc(F)c(F)c1. The molecule has 0 radical (unpaired) electrons. The molecular formula is C13H10F2N2O3S. The molecule has 2 aromatic rings. The first-order valence-electron chi connectivity index (χ1n) is 5.67. The van der Waals surface area contributed by atoms with E-state index in [4.69, 9.17) is 5.14 Å². The molecule has 5 nitrogen and oxygen atoms in total. The summed E-state index contributed by atoms with van der Waals surface area (Å²) in [6, 6.07) is 8.07. The van der Waals surface area contributed by atoms with Crippen molar-refractivity contribution in [2.45, 2.75) is 4.90 Å². The minimum absolute atomic E-state index is 0.0465. The van der Waals surface area contributed by atoms with Crippen molar-refractivity contribution in [3.63, 3.8) is 0 Å². The summed E-state index contributed by atoms with van der Waals surface area (Å²) in [6.45, 7) is 0. The van der Waals surface area contributed by atoms with Gasteiger partial charge in [0.15, 0.2) is 11.6 Å². The first-order chi connectivity index (χ1) is 9.79. The average molecular weight is 312 g/mol. The van der Waals surface area contributed by atoms with E-state index in [9.17, 15) is 22.0 Å². The predicted octanol–water partition coefficient (Wildman–Crippen LogP) is 1.86. The number of nitrogens with two attached hydrogens (primary N) is 1. The van der Waals surface area contributed by atoms with Gasteiger partial charge in [-0.3, -0.25) is 4.79 Å². The molecule has 0 aromatic heterocycles. The first-order valence-corrected chi connectivity index (χ1v) is 7.22. The number of sulfonamides is 1. The Morgan fingerprint density at radius 1 is 1.05 bits per heavy atom. The number of halogens is 2. The van der Waals surface area contributed by atoms with Crippen LogP contribution >= 0.6 is 0 Å². The summed E-state index contributed by atoms with van der Waals surface area (Å²) in [5.41, 5.74) is -0.201.